The molecule has 7 heteroatoms. The average molecular weight is 255 g/mol. The quantitative estimate of drug-likeness (QED) is 0.640. The maximum absolute atomic E-state index is 11.5. The number of nitro benzene ring substituents is 1. The predicted molar refractivity (Wildman–Crippen MR) is 65.9 cm³/mol. The molecule has 1 N–H and O–H groups in total. The minimum absolute atomic E-state index is 0.0649. The molecule has 2 rings (SSSR count). The molecular weight excluding hydrogens is 242 g/mol. The summed E-state index contributed by atoms with van der Waals surface area (Å²) in [5.74, 6) is 0.730. The van der Waals surface area contributed by atoms with Crippen LogP contribution in [-0.4, -0.2) is 33.7 Å². The Hall–Kier alpha value is -1.63. The van der Waals surface area contributed by atoms with Crippen LogP contribution in [0.15, 0.2) is 24.3 Å². The number of hydrogen-bond acceptors (Lipinski definition) is 5. The van der Waals surface area contributed by atoms with E-state index in [4.69, 9.17) is 4.78 Å². The molecule has 0 bridgehead atoms. The molecule has 0 saturated carbocycles. The van der Waals surface area contributed by atoms with Gasteiger partial charge < -0.3 is 4.90 Å². The number of hydrogen-bond donors (Lipinski definition) is 1. The number of nitrogens with zero attached hydrogens (tertiary/aromatic N) is 2. The molecule has 1 aromatic carbocycles. The van der Waals surface area contributed by atoms with E-state index in [1.54, 1.807) is 12.1 Å². The summed E-state index contributed by atoms with van der Waals surface area (Å²) in [5, 5.41) is 10.5. The molecule has 92 valence electrons. The lowest BCUT2D eigenvalue weighted by Gasteiger charge is -2.29. The third-order valence-electron chi connectivity index (χ3n) is 2.81. The zero-order valence-corrected chi connectivity index (χ0v) is 9.98. The predicted octanol–water partition coefficient (Wildman–Crippen LogP) is 1.46. The SMILES string of the molecule is N=S1(=O)CCN(c2ccc([N+](=O)[O-])cc2)CC1. The molecule has 0 amide bonds. The van der Waals surface area contributed by atoms with E-state index in [1.807, 2.05) is 4.90 Å². The zero-order valence-electron chi connectivity index (χ0n) is 9.17. The number of rotatable bonds is 2. The Kier molecular flexibility index (Phi) is 3.01. The molecule has 0 unspecified atom stereocenters. The van der Waals surface area contributed by atoms with Crippen LogP contribution in [-0.2, 0) is 9.73 Å². The van der Waals surface area contributed by atoms with Gasteiger partial charge in [-0.15, -0.1) is 0 Å². The van der Waals surface area contributed by atoms with Gasteiger partial charge in [0.05, 0.1) is 4.92 Å². The van der Waals surface area contributed by atoms with Gasteiger partial charge in [0.25, 0.3) is 5.69 Å². The van der Waals surface area contributed by atoms with Gasteiger partial charge in [-0.25, -0.2) is 4.21 Å². The molecule has 6 nitrogen and oxygen atoms in total. The molecule has 17 heavy (non-hydrogen) atoms. The van der Waals surface area contributed by atoms with Crippen LogP contribution in [0.2, 0.25) is 0 Å². The standard InChI is InChI=1S/C10H13N3O3S/c11-17(16)7-5-12(6-8-17)9-1-3-10(4-2-9)13(14)15/h1-4,11H,5-8H2. The maximum atomic E-state index is 11.5. The fourth-order valence-corrected chi connectivity index (χ4v) is 3.01. The van der Waals surface area contributed by atoms with Crippen molar-refractivity contribution in [3.05, 3.63) is 34.4 Å². The van der Waals surface area contributed by atoms with E-state index >= 15 is 0 Å². The smallest absolute Gasteiger partial charge is 0.269 e. The maximum Gasteiger partial charge on any atom is 0.269 e. The van der Waals surface area contributed by atoms with Crippen LogP contribution in [0.25, 0.3) is 0 Å². The Morgan fingerprint density at radius 2 is 1.76 bits per heavy atom. The summed E-state index contributed by atoms with van der Waals surface area (Å²) in [5.41, 5.74) is 0.945. The third-order valence-corrected chi connectivity index (χ3v) is 4.49. The highest BCUT2D eigenvalue weighted by Crippen LogP contribution is 2.21. The van der Waals surface area contributed by atoms with Crippen molar-refractivity contribution >= 4 is 21.1 Å². The van der Waals surface area contributed by atoms with Crippen LogP contribution < -0.4 is 4.90 Å². The van der Waals surface area contributed by atoms with E-state index in [2.05, 4.69) is 0 Å². The number of non-ortho nitro benzene ring substituents is 1. The number of benzene rings is 1. The van der Waals surface area contributed by atoms with Gasteiger partial charge in [0.2, 0.25) is 0 Å². The van der Waals surface area contributed by atoms with Crippen molar-refractivity contribution in [1.29, 1.82) is 4.78 Å². The largest absolute Gasteiger partial charge is 0.370 e. The van der Waals surface area contributed by atoms with Gasteiger partial charge in [-0.1, -0.05) is 0 Å². The summed E-state index contributed by atoms with van der Waals surface area (Å²) in [6, 6.07) is 6.30. The normalized spacial score (nSPS) is 18.9. The highest BCUT2D eigenvalue weighted by molar-refractivity contribution is 7.92. The Bertz CT molecular complexity index is 510. The van der Waals surface area contributed by atoms with E-state index in [-0.39, 0.29) is 5.69 Å². The van der Waals surface area contributed by atoms with Gasteiger partial charge >= 0.3 is 0 Å². The molecule has 1 aliphatic rings. The van der Waals surface area contributed by atoms with E-state index in [0.717, 1.165) is 5.69 Å². The number of nitro groups is 1. The fourth-order valence-electron chi connectivity index (χ4n) is 1.77. The molecule has 1 fully saturated rings. The van der Waals surface area contributed by atoms with Crippen molar-refractivity contribution in [3.8, 4) is 0 Å². The van der Waals surface area contributed by atoms with Crippen LogP contribution >= 0.6 is 0 Å². The van der Waals surface area contributed by atoms with Crippen LogP contribution in [0.1, 0.15) is 0 Å². The second-order valence-electron chi connectivity index (χ2n) is 3.98. The fraction of sp³-hybridized carbons (Fsp3) is 0.400. The lowest BCUT2D eigenvalue weighted by molar-refractivity contribution is -0.384. The van der Waals surface area contributed by atoms with Gasteiger partial charge in [0.1, 0.15) is 0 Å². The number of anilines is 1. The molecule has 1 heterocycles. The van der Waals surface area contributed by atoms with E-state index in [9.17, 15) is 14.3 Å². The Balaban J connectivity index is 2.11. The van der Waals surface area contributed by atoms with Crippen molar-refractivity contribution in [2.24, 2.45) is 0 Å². The lowest BCUT2D eigenvalue weighted by atomic mass is 10.2. The lowest BCUT2D eigenvalue weighted by Crippen LogP contribution is -2.39. The second kappa shape index (κ2) is 4.33. The molecule has 1 aliphatic heterocycles. The summed E-state index contributed by atoms with van der Waals surface area (Å²) in [6.07, 6.45) is 0. The van der Waals surface area contributed by atoms with Crippen molar-refractivity contribution in [3.63, 3.8) is 0 Å². The molecule has 1 saturated heterocycles. The highest BCUT2D eigenvalue weighted by atomic mass is 32.2. The zero-order chi connectivity index (χ0) is 12.5. The van der Waals surface area contributed by atoms with E-state index in [0.29, 0.717) is 24.6 Å². The first-order chi connectivity index (χ1) is 7.98. The van der Waals surface area contributed by atoms with Crippen LogP contribution in [0.4, 0.5) is 11.4 Å². The number of nitrogens with one attached hydrogen (secondary N) is 1. The van der Waals surface area contributed by atoms with Crippen LogP contribution in [0.3, 0.4) is 0 Å². The van der Waals surface area contributed by atoms with Crippen molar-refractivity contribution in [2.75, 3.05) is 29.5 Å². The average Bonchev–Trinajstić information content (AvgIpc) is 2.29. The van der Waals surface area contributed by atoms with Gasteiger partial charge in [-0.2, -0.15) is 0 Å². The molecule has 1 aromatic rings. The summed E-state index contributed by atoms with van der Waals surface area (Å²) in [4.78, 5) is 12.1. The Morgan fingerprint density at radius 3 is 2.24 bits per heavy atom. The van der Waals surface area contributed by atoms with Crippen LogP contribution in [0, 0.1) is 14.9 Å². The third kappa shape index (κ3) is 2.73. The molecule has 0 atom stereocenters. The molecule has 0 aliphatic carbocycles. The Labute approximate surface area is 99.4 Å². The monoisotopic (exact) mass is 255 g/mol. The van der Waals surface area contributed by atoms with Gasteiger partial charge in [0.15, 0.2) is 0 Å². The van der Waals surface area contributed by atoms with Crippen molar-refractivity contribution < 1.29 is 9.13 Å². The van der Waals surface area contributed by atoms with Gasteiger partial charge in [-0.3, -0.25) is 14.9 Å². The first-order valence-electron chi connectivity index (χ1n) is 5.21. The van der Waals surface area contributed by atoms with E-state index in [1.165, 1.54) is 12.1 Å². The van der Waals surface area contributed by atoms with Gasteiger partial charge in [0, 0.05) is 52.1 Å². The minimum Gasteiger partial charge on any atom is -0.370 e. The highest BCUT2D eigenvalue weighted by Gasteiger charge is 2.19. The van der Waals surface area contributed by atoms with Gasteiger partial charge in [-0.05, 0) is 12.1 Å². The molecule has 0 radical (unpaired) electrons. The summed E-state index contributed by atoms with van der Waals surface area (Å²) >= 11 is 0. The summed E-state index contributed by atoms with van der Waals surface area (Å²) in [7, 11) is -2.40. The first kappa shape index (κ1) is 11.8. The van der Waals surface area contributed by atoms with E-state index < -0.39 is 14.7 Å². The minimum atomic E-state index is -2.40. The second-order valence-corrected chi connectivity index (χ2v) is 6.42. The molecule has 0 aromatic heterocycles. The van der Waals surface area contributed by atoms with Crippen molar-refractivity contribution in [2.45, 2.75) is 0 Å². The topological polar surface area (TPSA) is 87.3 Å². The molecule has 0 spiro atoms. The molecular formula is C10H13N3O3S. The Morgan fingerprint density at radius 1 is 1.24 bits per heavy atom. The van der Waals surface area contributed by atoms with Crippen LogP contribution in [0.5, 0.6) is 0 Å². The van der Waals surface area contributed by atoms with Crippen molar-refractivity contribution in [1.82, 2.24) is 0 Å². The first-order valence-corrected chi connectivity index (χ1v) is 7.11. The summed E-state index contributed by atoms with van der Waals surface area (Å²) in [6.45, 7) is 1.14. The summed E-state index contributed by atoms with van der Waals surface area (Å²) < 4.78 is 19.0.